The average Bonchev–Trinajstić information content (AvgIpc) is 3.70. The van der Waals surface area contributed by atoms with E-state index >= 15 is 4.39 Å². The number of pyridine rings is 1. The Morgan fingerprint density at radius 2 is 1.75 bits per heavy atom. The molecule has 2 aromatic heterocycles. The first-order chi connectivity index (χ1) is 27.4. The number of thiophene rings is 1. The van der Waals surface area contributed by atoms with Crippen molar-refractivity contribution in [2.45, 2.75) is 88.8 Å². The number of aryl methyl sites for hydroxylation is 1. The third-order valence-electron chi connectivity index (χ3n) is 10.8. The number of esters is 3. The smallest absolute Gasteiger partial charge is 0.355 e. The number of benzene rings is 1. The maximum atomic E-state index is 15.7. The largest absolute Gasteiger partial charge is 0.462 e. The molecular weight excluding hydrogens is 780 g/mol. The molecule has 1 unspecified atom stereocenters. The highest BCUT2D eigenvalue weighted by Crippen LogP contribution is 2.41. The summed E-state index contributed by atoms with van der Waals surface area (Å²) in [4.78, 5) is 81.7. The molecule has 304 valence electrons. The topological polar surface area (TPSA) is 174 Å². The number of ether oxygens (including phenoxy) is 3. The highest BCUT2D eigenvalue weighted by atomic mass is 32.2. The maximum Gasteiger partial charge on any atom is 0.355 e. The van der Waals surface area contributed by atoms with E-state index in [2.05, 4.69) is 5.32 Å². The first-order valence-corrected chi connectivity index (χ1v) is 21.1. The van der Waals surface area contributed by atoms with Crippen LogP contribution in [0.4, 0.5) is 10.1 Å². The molecule has 2 N–H and O–H groups in total. The van der Waals surface area contributed by atoms with Crippen LogP contribution in [-0.2, 0) is 46.2 Å². The fourth-order valence-electron chi connectivity index (χ4n) is 7.84. The number of halogens is 1. The van der Waals surface area contributed by atoms with Crippen LogP contribution in [0, 0.1) is 5.82 Å². The van der Waals surface area contributed by atoms with Crippen LogP contribution in [0.2, 0.25) is 0 Å². The minimum atomic E-state index is -0.812. The Balaban J connectivity index is 0.929. The molecule has 3 aromatic rings. The second-order valence-electron chi connectivity index (χ2n) is 14.7. The number of carbonyl (C=O) groups excluding carboxylic acids is 5. The van der Waals surface area contributed by atoms with Crippen molar-refractivity contribution < 1.29 is 47.7 Å². The number of piperidine rings is 1. The summed E-state index contributed by atoms with van der Waals surface area (Å²) in [6, 6.07) is 4.05. The standard InChI is InChI=1S/C40H45FN4O10S2/c1-22-8-9-27-34-28(18-30(41)35(27)43-12-10-25(47)11-13-43)36(49)29(19-44(22)34)39(51)53-14-4-3-5-15-54-40(52)33-24(20-55-23(2)46)21-57-38-32(37(50)45(33)38)42-31(48)17-26-7-6-16-56-26/h6-7,16,18-19,22,25,32,38,47H,3-5,8-15,17,20-21H2,1-2H3,(H,42,48)/t22?,32-,38-/m1/s1. The van der Waals surface area contributed by atoms with Gasteiger partial charge in [0.05, 0.1) is 36.9 Å². The van der Waals surface area contributed by atoms with Gasteiger partial charge < -0.3 is 34.1 Å². The van der Waals surface area contributed by atoms with Crippen LogP contribution in [-0.4, -0.2) is 100 Å². The maximum absolute atomic E-state index is 15.7. The van der Waals surface area contributed by atoms with Crippen molar-refractivity contribution in [1.29, 1.82) is 0 Å². The molecule has 0 spiro atoms. The van der Waals surface area contributed by atoms with Crippen molar-refractivity contribution in [1.82, 2.24) is 14.8 Å². The van der Waals surface area contributed by atoms with Crippen LogP contribution < -0.4 is 15.6 Å². The number of nitrogens with zero attached hydrogens (tertiary/aromatic N) is 3. The van der Waals surface area contributed by atoms with Gasteiger partial charge in [0.15, 0.2) is 0 Å². The van der Waals surface area contributed by atoms with Gasteiger partial charge in [-0.3, -0.25) is 24.1 Å². The Morgan fingerprint density at radius 1 is 1.02 bits per heavy atom. The summed E-state index contributed by atoms with van der Waals surface area (Å²) >= 11 is 2.80. The number of aliphatic hydroxyl groups excluding tert-OH is 1. The second-order valence-corrected chi connectivity index (χ2v) is 16.9. The Kier molecular flexibility index (Phi) is 12.4. The quantitative estimate of drug-likeness (QED) is 0.104. The highest BCUT2D eigenvalue weighted by molar-refractivity contribution is 8.00. The summed E-state index contributed by atoms with van der Waals surface area (Å²) < 4.78 is 33.8. The summed E-state index contributed by atoms with van der Waals surface area (Å²) in [5, 5.41) is 14.2. The zero-order chi connectivity index (χ0) is 40.4. The van der Waals surface area contributed by atoms with Crippen molar-refractivity contribution in [2.24, 2.45) is 0 Å². The lowest BCUT2D eigenvalue weighted by atomic mass is 9.93. The molecule has 2 fully saturated rings. The van der Waals surface area contributed by atoms with Gasteiger partial charge in [-0.05, 0) is 69.4 Å². The van der Waals surface area contributed by atoms with E-state index in [9.17, 15) is 33.9 Å². The number of thioether (sulfide) groups is 1. The molecule has 17 heteroatoms. The lowest BCUT2D eigenvalue weighted by molar-refractivity contribution is -0.153. The lowest BCUT2D eigenvalue weighted by Gasteiger charge is -2.49. The lowest BCUT2D eigenvalue weighted by Crippen LogP contribution is -2.70. The van der Waals surface area contributed by atoms with E-state index in [1.54, 1.807) is 0 Å². The number of unbranched alkanes of at least 4 members (excludes halogenated alkanes) is 2. The molecular formula is C40H45FN4O10S2. The zero-order valence-electron chi connectivity index (χ0n) is 31.8. The van der Waals surface area contributed by atoms with Crippen LogP contribution in [0.1, 0.15) is 79.2 Å². The molecule has 0 bridgehead atoms. The summed E-state index contributed by atoms with van der Waals surface area (Å²) in [7, 11) is 0. The molecule has 4 aliphatic rings. The van der Waals surface area contributed by atoms with Crippen molar-refractivity contribution in [2.75, 3.05) is 43.6 Å². The fourth-order valence-corrected chi connectivity index (χ4v) is 9.87. The van der Waals surface area contributed by atoms with Crippen LogP contribution in [0.5, 0.6) is 0 Å². The van der Waals surface area contributed by atoms with E-state index < -0.39 is 52.6 Å². The Hall–Kier alpha value is -4.74. The van der Waals surface area contributed by atoms with E-state index in [1.807, 2.05) is 33.9 Å². The van der Waals surface area contributed by atoms with E-state index in [4.69, 9.17) is 14.2 Å². The van der Waals surface area contributed by atoms with E-state index in [0.717, 1.165) is 10.4 Å². The molecule has 57 heavy (non-hydrogen) atoms. The first-order valence-electron chi connectivity index (χ1n) is 19.2. The average molecular weight is 825 g/mol. The van der Waals surface area contributed by atoms with Gasteiger partial charge in [0.25, 0.3) is 5.91 Å². The first kappa shape index (κ1) is 40.5. The van der Waals surface area contributed by atoms with Gasteiger partial charge in [-0.1, -0.05) is 6.07 Å². The van der Waals surface area contributed by atoms with Crippen LogP contribution in [0.25, 0.3) is 10.9 Å². The van der Waals surface area contributed by atoms with Gasteiger partial charge in [0.2, 0.25) is 11.3 Å². The zero-order valence-corrected chi connectivity index (χ0v) is 33.4. The van der Waals surface area contributed by atoms with Crippen molar-refractivity contribution in [3.63, 3.8) is 0 Å². The number of aromatic nitrogens is 1. The molecule has 0 aliphatic carbocycles. The van der Waals surface area contributed by atoms with E-state index in [1.165, 1.54) is 47.2 Å². The summed E-state index contributed by atoms with van der Waals surface area (Å²) in [6.07, 6.45) is 4.92. The SMILES string of the molecule is CC(=O)OCC1=C(C(=O)OCCCCCOC(=O)c2cn3c4c(c(N5CCC(O)CC5)c(F)cc4c2=O)CCC3C)N2C(=O)[C@@H](NC(=O)Cc3cccs3)[C@H]2SC1. The molecule has 6 heterocycles. The number of rotatable bonds is 14. The van der Waals surface area contributed by atoms with Crippen LogP contribution in [0.15, 0.2) is 45.8 Å². The number of aliphatic hydroxyl groups is 1. The second kappa shape index (κ2) is 17.4. The Bertz CT molecular complexity index is 2160. The van der Waals surface area contributed by atoms with Gasteiger partial charge in [-0.25, -0.2) is 14.0 Å². The van der Waals surface area contributed by atoms with Crippen molar-refractivity contribution >= 4 is 69.4 Å². The third-order valence-corrected chi connectivity index (χ3v) is 13.0. The van der Waals surface area contributed by atoms with Crippen LogP contribution in [0.3, 0.4) is 0 Å². The summed E-state index contributed by atoms with van der Waals surface area (Å²) in [6.45, 7) is 4.07. The van der Waals surface area contributed by atoms with Crippen molar-refractivity contribution in [3.05, 3.63) is 73.1 Å². The number of hydrogen-bond acceptors (Lipinski definition) is 13. The van der Waals surface area contributed by atoms with Crippen LogP contribution >= 0.6 is 23.1 Å². The molecule has 1 aromatic carbocycles. The molecule has 3 atom stereocenters. The highest BCUT2D eigenvalue weighted by Gasteiger charge is 2.54. The number of carbonyl (C=O) groups is 5. The molecule has 2 amide bonds. The molecule has 0 radical (unpaired) electrons. The molecule has 0 saturated carbocycles. The number of nitrogens with one attached hydrogen (secondary N) is 1. The van der Waals surface area contributed by atoms with Gasteiger partial charge in [0.1, 0.15) is 35.1 Å². The predicted octanol–water partition coefficient (Wildman–Crippen LogP) is 4.00. The molecule has 4 aliphatic heterocycles. The van der Waals surface area contributed by atoms with E-state index in [-0.39, 0.29) is 60.6 Å². The summed E-state index contributed by atoms with van der Waals surface area (Å²) in [5.41, 5.74) is 1.50. The van der Waals surface area contributed by atoms with E-state index in [0.29, 0.717) is 74.8 Å². The minimum Gasteiger partial charge on any atom is -0.462 e. The van der Waals surface area contributed by atoms with Gasteiger partial charge in [-0.15, -0.1) is 23.1 Å². The summed E-state index contributed by atoms with van der Waals surface area (Å²) in [5.74, 6) is -3.09. The number of hydrogen-bond donors (Lipinski definition) is 2. The van der Waals surface area contributed by atoms with Gasteiger partial charge >= 0.3 is 17.9 Å². The van der Waals surface area contributed by atoms with Gasteiger partial charge in [0, 0.05) is 59.4 Å². The monoisotopic (exact) mass is 824 g/mol. The van der Waals surface area contributed by atoms with Crippen molar-refractivity contribution in [3.8, 4) is 0 Å². The number of amides is 2. The number of anilines is 1. The molecule has 7 rings (SSSR count). The predicted molar refractivity (Wildman–Crippen MR) is 210 cm³/mol. The molecule has 2 saturated heterocycles. The normalized spacial score (nSPS) is 20.6. The van der Waals surface area contributed by atoms with Gasteiger partial charge in [-0.2, -0.15) is 0 Å². The third kappa shape index (κ3) is 8.46. The fraction of sp³-hybridized carbons (Fsp3) is 0.500. The minimum absolute atomic E-state index is 0.000883. The number of β-lactam (4-membered cyclic amide) rings is 1. The number of fused-ring (bicyclic) bond motifs is 1. The Morgan fingerprint density at radius 3 is 2.46 bits per heavy atom. The Labute approximate surface area is 336 Å². The molecule has 14 nitrogen and oxygen atoms in total.